The average Bonchev–Trinajstić information content (AvgIpc) is 3.98. The molecule has 1 aliphatic rings. The second kappa shape index (κ2) is 11.5. The van der Waals surface area contributed by atoms with Gasteiger partial charge in [0.1, 0.15) is 21.0 Å². The van der Waals surface area contributed by atoms with Crippen LogP contribution in [0, 0.1) is 0 Å². The van der Waals surface area contributed by atoms with Crippen molar-refractivity contribution in [3.05, 3.63) is 156 Å². The van der Waals surface area contributed by atoms with Crippen molar-refractivity contribution in [1.82, 2.24) is 20.4 Å². The first-order valence-electron chi connectivity index (χ1n) is 17.8. The van der Waals surface area contributed by atoms with Gasteiger partial charge in [-0.25, -0.2) is 0 Å². The molecule has 0 saturated carbocycles. The molecule has 0 spiro atoms. The molecule has 0 saturated heterocycles. The lowest BCUT2D eigenvalue weighted by Gasteiger charge is -2.24. The van der Waals surface area contributed by atoms with Gasteiger partial charge >= 0.3 is 0 Å². The molecular weight excluding hydrogens is 685 g/mol. The highest BCUT2D eigenvalue weighted by Gasteiger charge is 2.37. The van der Waals surface area contributed by atoms with Crippen molar-refractivity contribution in [3.63, 3.8) is 0 Å². The van der Waals surface area contributed by atoms with E-state index < -0.39 is 0 Å². The molecule has 0 fully saturated rings. The fourth-order valence-corrected chi connectivity index (χ4v) is 9.73. The first kappa shape index (κ1) is 30.5. The molecular formula is C47H30N4S2. The predicted octanol–water partition coefficient (Wildman–Crippen LogP) is 13.0. The molecule has 0 N–H and O–H groups in total. The van der Waals surface area contributed by atoms with Gasteiger partial charge in [-0.15, -0.1) is 20.4 Å². The predicted molar refractivity (Wildman–Crippen MR) is 223 cm³/mol. The van der Waals surface area contributed by atoms with E-state index in [0.29, 0.717) is 0 Å². The molecule has 1 aliphatic carbocycles. The van der Waals surface area contributed by atoms with Gasteiger partial charge in [0, 0.05) is 16.5 Å². The van der Waals surface area contributed by atoms with Crippen LogP contribution >= 0.6 is 22.7 Å². The van der Waals surface area contributed by atoms with Crippen LogP contribution in [0.1, 0.15) is 25.0 Å². The normalized spacial score (nSPS) is 13.2. The highest BCUT2D eigenvalue weighted by molar-refractivity contribution is 7.13. The molecule has 0 aliphatic heterocycles. The maximum absolute atomic E-state index is 4.49. The molecule has 0 bridgehead atoms. The fourth-order valence-electron chi connectivity index (χ4n) is 8.63. The van der Waals surface area contributed by atoms with Crippen molar-refractivity contribution in [2.24, 2.45) is 0 Å². The molecule has 2 aromatic heterocycles. The molecule has 250 valence electrons. The molecule has 6 heteroatoms. The summed E-state index contributed by atoms with van der Waals surface area (Å²) in [6.45, 7) is 4.73. The highest BCUT2D eigenvalue weighted by atomic mass is 32.1. The molecule has 8 aromatic carbocycles. The number of benzene rings is 8. The number of hydrogen-bond donors (Lipinski definition) is 0. The van der Waals surface area contributed by atoms with Gasteiger partial charge in [-0.05, 0) is 124 Å². The van der Waals surface area contributed by atoms with E-state index in [2.05, 4.69) is 168 Å². The number of nitrogens with zero attached hydrogens (tertiary/aromatic N) is 4. The summed E-state index contributed by atoms with van der Waals surface area (Å²) in [4.78, 5) is 0. The summed E-state index contributed by atoms with van der Waals surface area (Å²) in [5.41, 5.74) is 15.7. The van der Waals surface area contributed by atoms with Crippen LogP contribution in [0.3, 0.4) is 0 Å². The van der Waals surface area contributed by atoms with Crippen LogP contribution in [0.15, 0.2) is 144 Å². The second-order valence-corrected chi connectivity index (χ2v) is 16.1. The van der Waals surface area contributed by atoms with Crippen molar-refractivity contribution in [2.75, 3.05) is 0 Å². The van der Waals surface area contributed by atoms with Gasteiger partial charge in [0.05, 0.1) is 0 Å². The Morgan fingerprint density at radius 1 is 0.415 bits per heavy atom. The molecule has 4 nitrogen and oxygen atoms in total. The van der Waals surface area contributed by atoms with Crippen LogP contribution in [0.5, 0.6) is 0 Å². The van der Waals surface area contributed by atoms with E-state index in [-0.39, 0.29) is 5.41 Å². The molecule has 0 unspecified atom stereocenters. The minimum atomic E-state index is -0.229. The Morgan fingerprint density at radius 2 is 0.925 bits per heavy atom. The van der Waals surface area contributed by atoms with E-state index in [0.717, 1.165) is 21.1 Å². The van der Waals surface area contributed by atoms with E-state index >= 15 is 0 Å². The first-order valence-corrected chi connectivity index (χ1v) is 19.5. The van der Waals surface area contributed by atoms with Gasteiger partial charge < -0.3 is 0 Å². The van der Waals surface area contributed by atoms with Crippen LogP contribution in [-0.4, -0.2) is 20.4 Å². The van der Waals surface area contributed by atoms with Gasteiger partial charge in [0.15, 0.2) is 0 Å². The van der Waals surface area contributed by atoms with Crippen molar-refractivity contribution >= 4 is 65.8 Å². The molecule has 10 aromatic rings. The Morgan fingerprint density at radius 3 is 1.55 bits per heavy atom. The summed E-state index contributed by atoms with van der Waals surface area (Å²) in [6, 6.07) is 49.8. The van der Waals surface area contributed by atoms with Crippen LogP contribution in [0.2, 0.25) is 0 Å². The van der Waals surface area contributed by atoms with Gasteiger partial charge in [0.2, 0.25) is 0 Å². The molecule has 0 atom stereocenters. The summed E-state index contributed by atoms with van der Waals surface area (Å²) < 4.78 is 0. The SMILES string of the molecule is CC1(C)c2cc(-c3nncs3)ccc2-c2cc3c(-c4ccc5ccccc5c4)c4ccc(-c5nncs5)cc4c(-c4ccc5ccccc5c4)c3cc21. The topological polar surface area (TPSA) is 51.6 Å². The number of fused-ring (bicyclic) bond motifs is 7. The molecule has 2 heterocycles. The quantitative estimate of drug-likeness (QED) is 0.170. The van der Waals surface area contributed by atoms with Gasteiger partial charge in [-0.3, -0.25) is 0 Å². The maximum atomic E-state index is 4.49. The van der Waals surface area contributed by atoms with E-state index in [1.54, 1.807) is 28.2 Å². The van der Waals surface area contributed by atoms with E-state index in [9.17, 15) is 0 Å². The van der Waals surface area contributed by atoms with E-state index in [1.165, 1.54) is 87.6 Å². The number of aromatic nitrogens is 4. The lowest BCUT2D eigenvalue weighted by Crippen LogP contribution is -2.15. The minimum absolute atomic E-state index is 0.229. The van der Waals surface area contributed by atoms with Gasteiger partial charge in [-0.2, -0.15) is 0 Å². The van der Waals surface area contributed by atoms with Crippen LogP contribution < -0.4 is 0 Å². The molecule has 0 amide bonds. The third-order valence-electron chi connectivity index (χ3n) is 11.2. The van der Waals surface area contributed by atoms with Crippen LogP contribution in [-0.2, 0) is 5.41 Å². The Kier molecular flexibility index (Phi) is 6.60. The van der Waals surface area contributed by atoms with Crippen LogP contribution in [0.25, 0.3) is 97.6 Å². The largest absolute Gasteiger partial charge is 0.147 e. The Labute approximate surface area is 314 Å². The maximum Gasteiger partial charge on any atom is 0.147 e. The number of rotatable bonds is 4. The third kappa shape index (κ3) is 4.66. The summed E-state index contributed by atoms with van der Waals surface area (Å²) in [5.74, 6) is 0. The van der Waals surface area contributed by atoms with E-state index in [1.807, 2.05) is 5.51 Å². The lowest BCUT2D eigenvalue weighted by atomic mass is 9.79. The fraction of sp³-hybridized carbons (Fsp3) is 0.0638. The van der Waals surface area contributed by atoms with Gasteiger partial charge in [0.25, 0.3) is 0 Å². The first-order chi connectivity index (χ1) is 26.0. The van der Waals surface area contributed by atoms with Crippen molar-refractivity contribution in [3.8, 4) is 54.5 Å². The monoisotopic (exact) mass is 714 g/mol. The molecule has 0 radical (unpaired) electrons. The Bertz CT molecular complexity index is 3090. The zero-order valence-corrected chi connectivity index (χ0v) is 30.6. The van der Waals surface area contributed by atoms with Gasteiger partial charge in [-0.1, -0.05) is 134 Å². The average molecular weight is 715 g/mol. The van der Waals surface area contributed by atoms with Crippen molar-refractivity contribution in [2.45, 2.75) is 19.3 Å². The smallest absolute Gasteiger partial charge is 0.147 e. The standard InChI is InChI=1S/C47H30N4S2/c1-47(2)41-22-34(46-51-49-26-53-46)15-17-35(41)37-23-39-40(24-42(37)47)44(32-14-12-28-8-4-6-10-30(28)20-32)38-21-33(45-50-48-25-52-45)16-18-36(38)43(39)31-13-11-27-7-3-5-9-29(27)19-31/h3-26H,1-2H3. The van der Waals surface area contributed by atoms with Crippen LogP contribution in [0.4, 0.5) is 0 Å². The summed E-state index contributed by atoms with van der Waals surface area (Å²) >= 11 is 3.15. The van der Waals surface area contributed by atoms with E-state index in [4.69, 9.17) is 0 Å². The lowest BCUT2D eigenvalue weighted by molar-refractivity contribution is 0.661. The Hall–Kier alpha value is -6.08. The highest BCUT2D eigenvalue weighted by Crippen LogP contribution is 2.54. The molecule has 11 rings (SSSR count). The summed E-state index contributed by atoms with van der Waals surface area (Å²) in [7, 11) is 0. The second-order valence-electron chi connectivity index (χ2n) is 14.5. The third-order valence-corrected chi connectivity index (χ3v) is 12.7. The van der Waals surface area contributed by atoms with Crippen molar-refractivity contribution < 1.29 is 0 Å². The number of hydrogen-bond acceptors (Lipinski definition) is 6. The molecule has 53 heavy (non-hydrogen) atoms. The Balaban J connectivity index is 1.29. The summed E-state index contributed by atoms with van der Waals surface area (Å²) in [6.07, 6.45) is 0. The van der Waals surface area contributed by atoms with Crippen molar-refractivity contribution in [1.29, 1.82) is 0 Å². The zero-order chi connectivity index (χ0) is 35.3. The summed E-state index contributed by atoms with van der Waals surface area (Å²) in [5, 5.41) is 28.9. The minimum Gasteiger partial charge on any atom is -0.147 e. The zero-order valence-electron chi connectivity index (χ0n) is 29.0.